The zero-order chi connectivity index (χ0) is 29.5. The monoisotopic (exact) mass is 603 g/mol. The van der Waals surface area contributed by atoms with Crippen molar-refractivity contribution < 1.29 is 32.2 Å². The highest BCUT2D eigenvalue weighted by Gasteiger charge is 2.40. The van der Waals surface area contributed by atoms with Crippen molar-refractivity contribution >= 4 is 33.6 Å². The van der Waals surface area contributed by atoms with Gasteiger partial charge < -0.3 is 24.0 Å². The topological polar surface area (TPSA) is 106 Å². The summed E-state index contributed by atoms with van der Waals surface area (Å²) in [5.41, 5.74) is 1.83. The van der Waals surface area contributed by atoms with Crippen LogP contribution in [0.4, 0.5) is 4.79 Å². The predicted octanol–water partition coefficient (Wildman–Crippen LogP) is 3.91. The smallest absolute Gasteiger partial charge is 0.410 e. The lowest BCUT2D eigenvalue weighted by Crippen LogP contribution is -2.43. The van der Waals surface area contributed by atoms with Crippen LogP contribution in [0.5, 0.6) is 11.5 Å². The van der Waals surface area contributed by atoms with Crippen LogP contribution < -0.4 is 9.47 Å². The molecular formula is C29H34ClN3O7S. The molecule has 1 atom stereocenters. The Morgan fingerprint density at radius 2 is 1.66 bits per heavy atom. The molecule has 3 heterocycles. The van der Waals surface area contributed by atoms with Crippen molar-refractivity contribution in [3.63, 3.8) is 0 Å². The Morgan fingerprint density at radius 3 is 2.29 bits per heavy atom. The first kappa shape index (κ1) is 29.2. The minimum absolute atomic E-state index is 0.0971. The van der Waals surface area contributed by atoms with Gasteiger partial charge in [-0.1, -0.05) is 23.7 Å². The summed E-state index contributed by atoms with van der Waals surface area (Å²) in [4.78, 5) is 29.8. The van der Waals surface area contributed by atoms with Crippen molar-refractivity contribution in [2.24, 2.45) is 0 Å². The number of likely N-dealkylation sites (N-methyl/N-ethyl adjacent to an activating group) is 1. The van der Waals surface area contributed by atoms with Crippen molar-refractivity contribution in [1.82, 2.24) is 14.1 Å². The first-order valence-corrected chi connectivity index (χ1v) is 15.2. The molecule has 0 saturated heterocycles. The number of hydrogen-bond acceptors (Lipinski definition) is 7. The number of fused-ring (bicyclic) bond motifs is 1. The Balaban J connectivity index is 1.28. The SMILES string of the molecule is CN(CC(C(=O)N1CC2=C(C1)CN(S(=O)(=O)c1ccc3c(c1)OCCO3)C2)c1cccc(Cl)c1)C(=O)OC(C)(C)C. The molecule has 12 heteroatoms. The average molecular weight is 604 g/mol. The number of carbonyl (C=O) groups is 2. The first-order valence-electron chi connectivity index (χ1n) is 13.4. The fourth-order valence-corrected chi connectivity index (χ4v) is 6.81. The fraction of sp³-hybridized carbons (Fsp3) is 0.448. The lowest BCUT2D eigenvalue weighted by molar-refractivity contribution is -0.132. The molecule has 0 N–H and O–H groups in total. The third-order valence-corrected chi connectivity index (χ3v) is 9.19. The van der Waals surface area contributed by atoms with Crippen molar-refractivity contribution in [1.29, 1.82) is 0 Å². The van der Waals surface area contributed by atoms with Gasteiger partial charge in [-0.25, -0.2) is 13.2 Å². The molecule has 0 saturated carbocycles. The van der Waals surface area contributed by atoms with E-state index in [0.29, 0.717) is 48.4 Å². The molecule has 0 aliphatic carbocycles. The van der Waals surface area contributed by atoms with Crippen LogP contribution in [-0.2, 0) is 19.6 Å². The van der Waals surface area contributed by atoms with E-state index in [0.717, 1.165) is 11.1 Å². The molecule has 220 valence electrons. The summed E-state index contributed by atoms with van der Waals surface area (Å²) in [6, 6.07) is 11.7. The van der Waals surface area contributed by atoms with Crippen LogP contribution in [0.2, 0.25) is 5.02 Å². The van der Waals surface area contributed by atoms with Gasteiger partial charge in [-0.15, -0.1) is 0 Å². The molecule has 0 radical (unpaired) electrons. The van der Waals surface area contributed by atoms with Gasteiger partial charge in [0, 0.05) is 50.9 Å². The summed E-state index contributed by atoms with van der Waals surface area (Å²) in [5, 5.41) is 0.488. The summed E-state index contributed by atoms with van der Waals surface area (Å²) < 4.78 is 44.9. The third kappa shape index (κ3) is 6.32. The molecule has 5 rings (SSSR count). The molecule has 2 aromatic carbocycles. The minimum Gasteiger partial charge on any atom is -0.486 e. The zero-order valence-corrected chi connectivity index (χ0v) is 25.1. The molecular weight excluding hydrogens is 570 g/mol. The Labute approximate surface area is 245 Å². The van der Waals surface area contributed by atoms with Crippen molar-refractivity contribution in [2.45, 2.75) is 37.2 Å². The summed E-state index contributed by atoms with van der Waals surface area (Å²) in [7, 11) is -2.18. The second-order valence-corrected chi connectivity index (χ2v) is 13.8. The van der Waals surface area contributed by atoms with Crippen LogP contribution in [0.3, 0.4) is 0 Å². The number of ether oxygens (including phenoxy) is 3. The molecule has 0 fully saturated rings. The predicted molar refractivity (Wildman–Crippen MR) is 153 cm³/mol. The quantitative estimate of drug-likeness (QED) is 0.461. The summed E-state index contributed by atoms with van der Waals surface area (Å²) in [6.45, 7) is 7.28. The van der Waals surface area contributed by atoms with Gasteiger partial charge in [0.1, 0.15) is 18.8 Å². The number of benzene rings is 2. The first-order chi connectivity index (χ1) is 19.3. The summed E-state index contributed by atoms with van der Waals surface area (Å²) >= 11 is 6.25. The van der Waals surface area contributed by atoms with Crippen LogP contribution in [0.25, 0.3) is 0 Å². The standard InChI is InChI=1S/C29H34ClN3O7S/c1-29(2,3)40-28(35)31(4)18-24(19-6-5-7-22(30)12-19)27(34)32-14-20-16-33(17-21(20)15-32)41(36,37)23-8-9-25-26(13-23)39-11-10-38-25/h5-9,12-13,24H,10-11,14-18H2,1-4H3. The van der Waals surface area contributed by atoms with Crippen LogP contribution >= 0.6 is 11.6 Å². The molecule has 10 nitrogen and oxygen atoms in total. The number of rotatable bonds is 6. The van der Waals surface area contributed by atoms with E-state index in [2.05, 4.69) is 0 Å². The van der Waals surface area contributed by atoms with Gasteiger partial charge in [-0.05, 0) is 61.7 Å². The molecule has 3 aliphatic rings. The van der Waals surface area contributed by atoms with Gasteiger partial charge in [-0.2, -0.15) is 4.31 Å². The molecule has 41 heavy (non-hydrogen) atoms. The molecule has 2 aromatic rings. The number of amides is 2. The van der Waals surface area contributed by atoms with Gasteiger partial charge in [0.2, 0.25) is 15.9 Å². The van der Waals surface area contributed by atoms with Crippen LogP contribution in [0, 0.1) is 0 Å². The van der Waals surface area contributed by atoms with Gasteiger partial charge in [-0.3, -0.25) is 4.79 Å². The number of sulfonamides is 1. The van der Waals surface area contributed by atoms with E-state index in [1.807, 2.05) is 6.07 Å². The van der Waals surface area contributed by atoms with E-state index in [9.17, 15) is 18.0 Å². The number of halogens is 1. The number of hydrogen-bond donors (Lipinski definition) is 0. The van der Waals surface area contributed by atoms with Crippen molar-refractivity contribution in [2.75, 3.05) is 53.0 Å². The van der Waals surface area contributed by atoms with E-state index < -0.39 is 27.6 Å². The van der Waals surface area contributed by atoms with Crippen molar-refractivity contribution in [3.8, 4) is 11.5 Å². The van der Waals surface area contributed by atoms with E-state index in [1.54, 1.807) is 57.0 Å². The highest BCUT2D eigenvalue weighted by molar-refractivity contribution is 7.89. The summed E-state index contributed by atoms with van der Waals surface area (Å²) in [5.74, 6) is 0.0947. The molecule has 2 amide bonds. The second kappa shape index (κ2) is 11.2. The molecule has 0 spiro atoms. The van der Waals surface area contributed by atoms with Crippen LogP contribution in [0.1, 0.15) is 32.3 Å². The molecule has 1 unspecified atom stereocenters. The maximum atomic E-state index is 13.9. The molecule has 3 aliphatic heterocycles. The van der Waals surface area contributed by atoms with Gasteiger partial charge in [0.15, 0.2) is 11.5 Å². The third-order valence-electron chi connectivity index (χ3n) is 7.17. The summed E-state index contributed by atoms with van der Waals surface area (Å²) in [6.07, 6.45) is -0.528. The highest BCUT2D eigenvalue weighted by atomic mass is 35.5. The molecule has 0 bridgehead atoms. The number of nitrogens with zero attached hydrogens (tertiary/aromatic N) is 3. The van der Waals surface area contributed by atoms with E-state index in [1.165, 1.54) is 21.3 Å². The normalized spacial score (nSPS) is 17.8. The van der Waals surface area contributed by atoms with E-state index in [-0.39, 0.29) is 30.4 Å². The lowest BCUT2D eigenvalue weighted by atomic mass is 9.97. The van der Waals surface area contributed by atoms with Crippen LogP contribution in [0.15, 0.2) is 58.5 Å². The van der Waals surface area contributed by atoms with E-state index >= 15 is 0 Å². The molecule has 0 aromatic heterocycles. The maximum absolute atomic E-state index is 13.9. The lowest BCUT2D eigenvalue weighted by Gasteiger charge is -2.30. The highest BCUT2D eigenvalue weighted by Crippen LogP contribution is 2.36. The van der Waals surface area contributed by atoms with Gasteiger partial charge in [0.05, 0.1) is 10.8 Å². The minimum atomic E-state index is -3.78. The Morgan fingerprint density at radius 1 is 1.00 bits per heavy atom. The largest absolute Gasteiger partial charge is 0.486 e. The van der Waals surface area contributed by atoms with Crippen molar-refractivity contribution in [3.05, 3.63) is 64.2 Å². The maximum Gasteiger partial charge on any atom is 0.410 e. The Bertz CT molecular complexity index is 1480. The Kier molecular flexibility index (Phi) is 7.97. The zero-order valence-electron chi connectivity index (χ0n) is 23.6. The van der Waals surface area contributed by atoms with Gasteiger partial charge >= 0.3 is 6.09 Å². The Hall–Kier alpha value is -3.28. The average Bonchev–Trinajstić information content (AvgIpc) is 3.50. The number of carbonyl (C=O) groups excluding carboxylic acids is 2. The van der Waals surface area contributed by atoms with E-state index in [4.69, 9.17) is 25.8 Å². The van der Waals surface area contributed by atoms with Gasteiger partial charge in [0.25, 0.3) is 0 Å². The fourth-order valence-electron chi connectivity index (χ4n) is 5.16. The van der Waals surface area contributed by atoms with Crippen LogP contribution in [-0.4, -0.2) is 93.1 Å². The second-order valence-electron chi connectivity index (χ2n) is 11.4.